The summed E-state index contributed by atoms with van der Waals surface area (Å²) in [5, 5.41) is 6.86. The quantitative estimate of drug-likeness (QED) is 0.534. The van der Waals surface area contributed by atoms with E-state index in [1.54, 1.807) is 13.3 Å². The minimum Gasteiger partial charge on any atom is -0.495 e. The number of thiocarbonyl (C=S) groups is 1. The Kier molecular flexibility index (Phi) is 6.38. The molecule has 1 aliphatic rings. The third-order valence-electron chi connectivity index (χ3n) is 5.40. The van der Waals surface area contributed by atoms with Gasteiger partial charge < -0.3 is 29.6 Å². The van der Waals surface area contributed by atoms with Gasteiger partial charge in [0.15, 0.2) is 5.11 Å². The lowest BCUT2D eigenvalue weighted by Gasteiger charge is -2.29. The number of nitrogens with one attached hydrogen (secondary N) is 2. The fourth-order valence-corrected chi connectivity index (χ4v) is 4.32. The van der Waals surface area contributed by atoms with E-state index in [0.717, 1.165) is 17.1 Å². The lowest BCUT2D eigenvalue weighted by Crippen LogP contribution is -2.30. The van der Waals surface area contributed by atoms with Crippen LogP contribution in [0.3, 0.4) is 0 Å². The second-order valence-corrected chi connectivity index (χ2v) is 7.79. The number of anilines is 2. The van der Waals surface area contributed by atoms with Gasteiger partial charge in [-0.3, -0.25) is 9.78 Å². The third kappa shape index (κ3) is 4.17. The fraction of sp³-hybridized carbons (Fsp3) is 0.261. The van der Waals surface area contributed by atoms with Crippen molar-refractivity contribution < 1.29 is 14.3 Å². The van der Waals surface area contributed by atoms with Gasteiger partial charge in [0.05, 0.1) is 24.5 Å². The van der Waals surface area contributed by atoms with Crippen molar-refractivity contribution >= 4 is 34.6 Å². The van der Waals surface area contributed by atoms with Crippen LogP contribution in [0.5, 0.6) is 5.75 Å². The molecule has 8 nitrogen and oxygen atoms in total. The summed E-state index contributed by atoms with van der Waals surface area (Å²) in [6.45, 7) is -0.0508. The molecule has 0 spiro atoms. The summed E-state index contributed by atoms with van der Waals surface area (Å²) in [6, 6.07) is 15.2. The van der Waals surface area contributed by atoms with E-state index < -0.39 is 0 Å². The van der Waals surface area contributed by atoms with Crippen LogP contribution in [0.2, 0.25) is 0 Å². The number of aromatic nitrogens is 2. The van der Waals surface area contributed by atoms with Gasteiger partial charge in [-0.1, -0.05) is 6.07 Å². The smallest absolute Gasteiger partial charge is 0.250 e. The summed E-state index contributed by atoms with van der Waals surface area (Å²) in [4.78, 5) is 18.8. The number of pyridine rings is 1. The highest BCUT2D eigenvalue weighted by molar-refractivity contribution is 7.80. The molecule has 1 fully saturated rings. The van der Waals surface area contributed by atoms with Gasteiger partial charge in [-0.15, -0.1) is 0 Å². The van der Waals surface area contributed by atoms with Crippen molar-refractivity contribution in [3.05, 3.63) is 72.3 Å². The molecular weight excluding hydrogens is 426 g/mol. The van der Waals surface area contributed by atoms with Crippen molar-refractivity contribution in [2.75, 3.05) is 31.0 Å². The van der Waals surface area contributed by atoms with Gasteiger partial charge in [-0.2, -0.15) is 0 Å². The molecule has 2 N–H and O–H groups in total. The first-order valence-electron chi connectivity index (χ1n) is 10.1. The molecule has 0 saturated carbocycles. The number of rotatable bonds is 7. The molecule has 4 rings (SSSR count). The van der Waals surface area contributed by atoms with Crippen LogP contribution in [-0.4, -0.2) is 41.4 Å². The first kappa shape index (κ1) is 21.8. The van der Waals surface area contributed by atoms with E-state index in [1.807, 2.05) is 55.7 Å². The van der Waals surface area contributed by atoms with Crippen molar-refractivity contribution in [1.82, 2.24) is 14.9 Å². The number of carbonyl (C=O) groups is 1. The molecule has 32 heavy (non-hydrogen) atoms. The number of benzene rings is 1. The van der Waals surface area contributed by atoms with E-state index in [1.165, 1.54) is 7.11 Å². The van der Waals surface area contributed by atoms with Crippen LogP contribution in [0.1, 0.15) is 23.5 Å². The number of amides is 1. The minimum absolute atomic E-state index is 0.0508. The predicted molar refractivity (Wildman–Crippen MR) is 127 cm³/mol. The van der Waals surface area contributed by atoms with Gasteiger partial charge >= 0.3 is 0 Å². The topological polar surface area (TPSA) is 80.7 Å². The normalized spacial score (nSPS) is 17.8. The Morgan fingerprint density at radius 1 is 1.22 bits per heavy atom. The average Bonchev–Trinajstić information content (AvgIpc) is 3.36. The van der Waals surface area contributed by atoms with Gasteiger partial charge in [0.2, 0.25) is 5.91 Å². The molecule has 3 heterocycles. The zero-order valence-electron chi connectivity index (χ0n) is 18.1. The van der Waals surface area contributed by atoms with Crippen LogP contribution in [-0.2, 0) is 16.6 Å². The average molecular weight is 452 g/mol. The Balaban J connectivity index is 1.78. The first-order chi connectivity index (χ1) is 15.5. The zero-order valence-corrected chi connectivity index (χ0v) is 18.9. The van der Waals surface area contributed by atoms with Gasteiger partial charge in [0.25, 0.3) is 0 Å². The molecule has 9 heteroatoms. The first-order valence-corrected chi connectivity index (χ1v) is 10.5. The number of carbonyl (C=O) groups excluding carboxylic acids is 1. The Morgan fingerprint density at radius 3 is 2.72 bits per heavy atom. The van der Waals surface area contributed by atoms with Gasteiger partial charge in [-0.25, -0.2) is 0 Å². The number of nitrogens with zero attached hydrogens (tertiary/aromatic N) is 3. The van der Waals surface area contributed by atoms with E-state index in [2.05, 4.69) is 31.2 Å². The second kappa shape index (κ2) is 9.37. The number of aryl methyl sites for hydroxylation is 1. The van der Waals surface area contributed by atoms with E-state index >= 15 is 0 Å². The molecule has 0 bridgehead atoms. The molecule has 2 aromatic heterocycles. The SMILES string of the molecule is COCC(=O)Nc1cc(N2C(=S)N[C@@H](c3ccccn3)[C@H]2c2cccn2C)ccc1OC. The number of ether oxygens (including phenoxy) is 2. The van der Waals surface area contributed by atoms with Crippen LogP contribution >= 0.6 is 12.2 Å². The van der Waals surface area contributed by atoms with Crippen LogP contribution in [0, 0.1) is 0 Å². The van der Waals surface area contributed by atoms with E-state index in [9.17, 15) is 4.79 Å². The molecule has 0 unspecified atom stereocenters. The fourth-order valence-electron chi connectivity index (χ4n) is 3.98. The highest BCUT2D eigenvalue weighted by Crippen LogP contribution is 2.43. The van der Waals surface area contributed by atoms with Gasteiger partial charge in [-0.05, 0) is 54.7 Å². The summed E-state index contributed by atoms with van der Waals surface area (Å²) >= 11 is 5.77. The van der Waals surface area contributed by atoms with Crippen molar-refractivity contribution in [3.8, 4) is 5.75 Å². The summed E-state index contributed by atoms with van der Waals surface area (Å²) in [6.07, 6.45) is 3.79. The molecular formula is C23H25N5O3S. The minimum atomic E-state index is -0.268. The van der Waals surface area contributed by atoms with Crippen molar-refractivity contribution in [3.63, 3.8) is 0 Å². The van der Waals surface area contributed by atoms with Gasteiger partial charge in [0.1, 0.15) is 18.4 Å². The predicted octanol–water partition coefficient (Wildman–Crippen LogP) is 3.19. The lowest BCUT2D eigenvalue weighted by molar-refractivity contribution is -0.119. The highest BCUT2D eigenvalue weighted by atomic mass is 32.1. The lowest BCUT2D eigenvalue weighted by atomic mass is 10.0. The maximum atomic E-state index is 12.2. The van der Waals surface area contributed by atoms with Crippen molar-refractivity contribution in [2.24, 2.45) is 7.05 Å². The van der Waals surface area contributed by atoms with Gasteiger partial charge in [0, 0.05) is 37.9 Å². The number of methoxy groups -OCH3 is 2. The van der Waals surface area contributed by atoms with Crippen molar-refractivity contribution in [2.45, 2.75) is 12.1 Å². The van der Waals surface area contributed by atoms with Crippen LogP contribution in [0.15, 0.2) is 60.9 Å². The summed E-state index contributed by atoms with van der Waals surface area (Å²) < 4.78 is 12.5. The van der Waals surface area contributed by atoms with Crippen molar-refractivity contribution in [1.29, 1.82) is 0 Å². The molecule has 2 atom stereocenters. The molecule has 1 aliphatic heterocycles. The monoisotopic (exact) mass is 451 g/mol. The standard InChI is InChI=1S/C23H25N5O3S/c1-27-12-6-8-18(27)22-21(16-7-4-5-11-24-16)26-23(32)28(22)15-9-10-19(31-3)17(13-15)25-20(29)14-30-2/h4-13,21-22H,14H2,1-3H3,(H,25,29)(H,26,32)/t21-,22+/m0/s1. The highest BCUT2D eigenvalue weighted by Gasteiger charge is 2.42. The molecule has 0 aliphatic carbocycles. The molecule has 1 aromatic carbocycles. The maximum absolute atomic E-state index is 12.2. The molecule has 3 aromatic rings. The van der Waals surface area contributed by atoms with Crippen LogP contribution < -0.4 is 20.3 Å². The Bertz CT molecular complexity index is 1120. The second-order valence-electron chi connectivity index (χ2n) is 7.41. The van der Waals surface area contributed by atoms with E-state index in [-0.39, 0.29) is 24.6 Å². The summed E-state index contributed by atoms with van der Waals surface area (Å²) in [7, 11) is 5.05. The largest absolute Gasteiger partial charge is 0.495 e. The molecule has 1 amide bonds. The number of hydrogen-bond acceptors (Lipinski definition) is 5. The third-order valence-corrected chi connectivity index (χ3v) is 5.71. The molecule has 166 valence electrons. The molecule has 1 saturated heterocycles. The van der Waals surface area contributed by atoms with Crippen LogP contribution in [0.25, 0.3) is 0 Å². The Morgan fingerprint density at radius 2 is 2.06 bits per heavy atom. The Labute approximate surface area is 192 Å². The Hall–Kier alpha value is -3.43. The van der Waals surface area contributed by atoms with Crippen LogP contribution in [0.4, 0.5) is 11.4 Å². The summed E-state index contributed by atoms with van der Waals surface area (Å²) in [5.41, 5.74) is 3.34. The molecule has 0 radical (unpaired) electrons. The van der Waals surface area contributed by atoms with E-state index in [4.69, 9.17) is 21.7 Å². The zero-order chi connectivity index (χ0) is 22.7. The maximum Gasteiger partial charge on any atom is 0.250 e. The summed E-state index contributed by atoms with van der Waals surface area (Å²) in [5.74, 6) is 0.281. The van der Waals surface area contributed by atoms with E-state index in [0.29, 0.717) is 16.5 Å². The number of hydrogen-bond donors (Lipinski definition) is 2.